The Bertz CT molecular complexity index is 476. The van der Waals surface area contributed by atoms with E-state index in [-0.39, 0.29) is 11.7 Å². The number of carboxylic acid groups (broad SMARTS) is 1. The van der Waals surface area contributed by atoms with Crippen LogP contribution >= 0.6 is 0 Å². The van der Waals surface area contributed by atoms with Gasteiger partial charge in [0.1, 0.15) is 5.78 Å². The van der Waals surface area contributed by atoms with E-state index in [1.807, 2.05) is 42.5 Å². The van der Waals surface area contributed by atoms with Gasteiger partial charge < -0.3 is 5.11 Å². The summed E-state index contributed by atoms with van der Waals surface area (Å²) < 4.78 is 0. The predicted octanol–water partition coefficient (Wildman–Crippen LogP) is 2.86. The highest BCUT2D eigenvalue weighted by Crippen LogP contribution is 2.28. The zero-order chi connectivity index (χ0) is 13.7. The minimum absolute atomic E-state index is 0.0700. The molecule has 1 aliphatic carbocycles. The summed E-state index contributed by atoms with van der Waals surface area (Å²) in [7, 11) is 0. The van der Waals surface area contributed by atoms with Crippen LogP contribution in [0, 0.1) is 11.8 Å². The highest BCUT2D eigenvalue weighted by molar-refractivity contribution is 5.87. The van der Waals surface area contributed by atoms with Crippen molar-refractivity contribution in [3.05, 3.63) is 48.0 Å². The fraction of sp³-hybridized carbons (Fsp3) is 0.375. The number of aryl methyl sites for hydroxylation is 1. The molecule has 2 atom stereocenters. The van der Waals surface area contributed by atoms with Gasteiger partial charge in [-0.3, -0.25) is 9.59 Å². The number of carbonyl (C=O) groups excluding carboxylic acids is 1. The van der Waals surface area contributed by atoms with Gasteiger partial charge in [0, 0.05) is 12.3 Å². The van der Waals surface area contributed by atoms with Crippen molar-refractivity contribution in [2.45, 2.75) is 25.7 Å². The lowest BCUT2D eigenvalue weighted by Gasteiger charge is -2.23. The number of hydrogen-bond acceptors (Lipinski definition) is 2. The van der Waals surface area contributed by atoms with Crippen LogP contribution in [0.3, 0.4) is 0 Å². The summed E-state index contributed by atoms with van der Waals surface area (Å²) in [6, 6.07) is 9.82. The number of benzene rings is 1. The van der Waals surface area contributed by atoms with Gasteiger partial charge in [-0.15, -0.1) is 0 Å². The van der Waals surface area contributed by atoms with Gasteiger partial charge >= 0.3 is 5.97 Å². The maximum atomic E-state index is 12.2. The fourth-order valence-corrected chi connectivity index (χ4v) is 2.54. The molecule has 1 aromatic carbocycles. The van der Waals surface area contributed by atoms with Crippen LogP contribution in [-0.2, 0) is 16.0 Å². The van der Waals surface area contributed by atoms with Crippen LogP contribution in [0.5, 0.6) is 0 Å². The van der Waals surface area contributed by atoms with E-state index in [0.29, 0.717) is 25.7 Å². The number of hydrogen-bond donors (Lipinski definition) is 1. The molecule has 0 saturated carbocycles. The predicted molar refractivity (Wildman–Crippen MR) is 72.8 cm³/mol. The van der Waals surface area contributed by atoms with Crippen LogP contribution in [0.1, 0.15) is 24.8 Å². The summed E-state index contributed by atoms with van der Waals surface area (Å²) in [6.07, 6.45) is 5.92. The van der Waals surface area contributed by atoms with E-state index in [1.165, 1.54) is 0 Å². The molecule has 0 unspecified atom stereocenters. The van der Waals surface area contributed by atoms with Crippen molar-refractivity contribution in [1.82, 2.24) is 0 Å². The van der Waals surface area contributed by atoms with Crippen LogP contribution < -0.4 is 0 Å². The Hall–Kier alpha value is -1.90. The Morgan fingerprint density at radius 3 is 2.32 bits per heavy atom. The third-order valence-corrected chi connectivity index (χ3v) is 3.67. The Labute approximate surface area is 113 Å². The van der Waals surface area contributed by atoms with Gasteiger partial charge in [0.2, 0.25) is 0 Å². The summed E-state index contributed by atoms with van der Waals surface area (Å²) in [5.41, 5.74) is 1.12. The molecule has 3 nitrogen and oxygen atoms in total. The first-order chi connectivity index (χ1) is 9.18. The summed E-state index contributed by atoms with van der Waals surface area (Å²) in [5.74, 6) is -1.69. The largest absolute Gasteiger partial charge is 0.481 e. The molecule has 0 saturated heterocycles. The van der Waals surface area contributed by atoms with Crippen LogP contribution in [0.15, 0.2) is 42.5 Å². The lowest BCUT2D eigenvalue weighted by atomic mass is 9.79. The number of aliphatic carboxylic acids is 1. The van der Waals surface area contributed by atoms with E-state index in [2.05, 4.69) is 0 Å². The van der Waals surface area contributed by atoms with Crippen molar-refractivity contribution in [3.63, 3.8) is 0 Å². The van der Waals surface area contributed by atoms with E-state index in [1.54, 1.807) is 0 Å². The Balaban J connectivity index is 1.95. The highest BCUT2D eigenvalue weighted by atomic mass is 16.4. The van der Waals surface area contributed by atoms with Gasteiger partial charge in [0.05, 0.1) is 5.92 Å². The molecule has 1 aliphatic rings. The van der Waals surface area contributed by atoms with Gasteiger partial charge in [0.15, 0.2) is 0 Å². The Morgan fingerprint density at radius 1 is 1.05 bits per heavy atom. The number of allylic oxidation sites excluding steroid dienone is 2. The zero-order valence-electron chi connectivity index (χ0n) is 10.8. The number of ketones is 1. The van der Waals surface area contributed by atoms with E-state index >= 15 is 0 Å². The Kier molecular flexibility index (Phi) is 4.50. The molecule has 100 valence electrons. The van der Waals surface area contributed by atoms with E-state index in [0.717, 1.165) is 5.56 Å². The lowest BCUT2D eigenvalue weighted by molar-refractivity contribution is -0.146. The summed E-state index contributed by atoms with van der Waals surface area (Å²) in [6.45, 7) is 0. The molecule has 0 aromatic heterocycles. The van der Waals surface area contributed by atoms with Crippen LogP contribution in [0.2, 0.25) is 0 Å². The van der Waals surface area contributed by atoms with Crippen LogP contribution in [0.25, 0.3) is 0 Å². The van der Waals surface area contributed by atoms with Gasteiger partial charge in [0.25, 0.3) is 0 Å². The third kappa shape index (κ3) is 3.53. The summed E-state index contributed by atoms with van der Waals surface area (Å²) >= 11 is 0. The fourth-order valence-electron chi connectivity index (χ4n) is 2.54. The van der Waals surface area contributed by atoms with E-state index in [4.69, 9.17) is 5.11 Å². The summed E-state index contributed by atoms with van der Waals surface area (Å²) in [4.78, 5) is 23.3. The summed E-state index contributed by atoms with van der Waals surface area (Å²) in [5, 5.41) is 9.16. The highest BCUT2D eigenvalue weighted by Gasteiger charge is 2.33. The average molecular weight is 258 g/mol. The number of rotatable bonds is 5. The van der Waals surface area contributed by atoms with Gasteiger partial charge in [-0.2, -0.15) is 0 Å². The number of carboxylic acids is 1. The molecule has 3 heteroatoms. The van der Waals surface area contributed by atoms with Crippen molar-refractivity contribution < 1.29 is 14.7 Å². The molecule has 0 radical (unpaired) electrons. The van der Waals surface area contributed by atoms with Crippen LogP contribution in [-0.4, -0.2) is 16.9 Å². The first-order valence-corrected chi connectivity index (χ1v) is 6.63. The Morgan fingerprint density at radius 2 is 1.68 bits per heavy atom. The second kappa shape index (κ2) is 6.32. The molecule has 0 aliphatic heterocycles. The van der Waals surface area contributed by atoms with E-state index < -0.39 is 11.9 Å². The van der Waals surface area contributed by atoms with Crippen molar-refractivity contribution in [1.29, 1.82) is 0 Å². The molecule has 1 aromatic rings. The lowest BCUT2D eigenvalue weighted by Crippen LogP contribution is -2.31. The molecular weight excluding hydrogens is 240 g/mol. The SMILES string of the molecule is O=C(O)[C@H]1CC=CC[C@H]1C(=O)CCc1ccccc1. The molecule has 0 amide bonds. The standard InChI is InChI=1S/C16H18O3/c17-15(11-10-12-6-2-1-3-7-12)13-8-4-5-9-14(13)16(18)19/h1-7,13-14H,8-11H2,(H,18,19)/t13-,14+/m1/s1. The quantitative estimate of drug-likeness (QED) is 0.826. The van der Waals surface area contributed by atoms with Crippen molar-refractivity contribution >= 4 is 11.8 Å². The van der Waals surface area contributed by atoms with Crippen molar-refractivity contribution in [2.24, 2.45) is 11.8 Å². The van der Waals surface area contributed by atoms with E-state index in [9.17, 15) is 9.59 Å². The minimum Gasteiger partial charge on any atom is -0.481 e. The smallest absolute Gasteiger partial charge is 0.307 e. The molecule has 0 heterocycles. The molecular formula is C16H18O3. The monoisotopic (exact) mass is 258 g/mol. The molecule has 0 fully saturated rings. The second-order valence-electron chi connectivity index (χ2n) is 4.95. The van der Waals surface area contributed by atoms with Crippen molar-refractivity contribution in [2.75, 3.05) is 0 Å². The normalized spacial score (nSPS) is 22.1. The van der Waals surface area contributed by atoms with Gasteiger partial charge in [-0.05, 0) is 24.8 Å². The molecule has 19 heavy (non-hydrogen) atoms. The number of Topliss-reactive ketones (excluding diaryl/α,β-unsaturated/α-hetero) is 1. The average Bonchev–Trinajstić information content (AvgIpc) is 2.46. The third-order valence-electron chi connectivity index (χ3n) is 3.67. The minimum atomic E-state index is -0.859. The van der Waals surface area contributed by atoms with Crippen LogP contribution in [0.4, 0.5) is 0 Å². The maximum absolute atomic E-state index is 12.2. The molecule has 1 N–H and O–H groups in total. The molecule has 2 rings (SSSR count). The first kappa shape index (κ1) is 13.5. The topological polar surface area (TPSA) is 54.4 Å². The zero-order valence-corrected chi connectivity index (χ0v) is 10.8. The van der Waals surface area contributed by atoms with Crippen molar-refractivity contribution in [3.8, 4) is 0 Å². The maximum Gasteiger partial charge on any atom is 0.307 e. The molecule has 0 spiro atoms. The molecule has 0 bridgehead atoms. The van der Waals surface area contributed by atoms with Gasteiger partial charge in [-0.25, -0.2) is 0 Å². The number of carbonyl (C=O) groups is 2. The first-order valence-electron chi connectivity index (χ1n) is 6.63. The second-order valence-corrected chi connectivity index (χ2v) is 4.95. The van der Waals surface area contributed by atoms with Gasteiger partial charge in [-0.1, -0.05) is 42.5 Å².